The maximum Gasteiger partial charge on any atom is 0.271 e. The molecule has 7 heteroatoms. The maximum absolute atomic E-state index is 12.4. The van der Waals surface area contributed by atoms with Crippen LogP contribution in [0.15, 0.2) is 58.1 Å². The first kappa shape index (κ1) is 16.7. The van der Waals surface area contributed by atoms with Crippen LogP contribution in [0.5, 0.6) is 0 Å². The second-order valence-electron chi connectivity index (χ2n) is 5.19. The molecule has 1 aliphatic rings. The van der Waals surface area contributed by atoms with Crippen LogP contribution in [0.1, 0.15) is 12.8 Å². The molecule has 0 bridgehead atoms. The van der Waals surface area contributed by atoms with Gasteiger partial charge in [-0.2, -0.15) is 5.10 Å². The zero-order valence-electron chi connectivity index (χ0n) is 12.5. The zero-order chi connectivity index (χ0) is 17.1. The van der Waals surface area contributed by atoms with Crippen molar-refractivity contribution in [2.45, 2.75) is 12.8 Å². The monoisotopic (exact) mass is 405 g/mol. The van der Waals surface area contributed by atoms with E-state index in [0.29, 0.717) is 28.5 Å². The van der Waals surface area contributed by atoms with Gasteiger partial charge in [0.05, 0.1) is 5.69 Å². The number of nitrogens with zero attached hydrogens (tertiary/aromatic N) is 2. The van der Waals surface area contributed by atoms with E-state index in [9.17, 15) is 9.59 Å². The summed E-state index contributed by atoms with van der Waals surface area (Å²) in [5.74, 6) is -0.483. The van der Waals surface area contributed by atoms with E-state index in [0.717, 1.165) is 4.47 Å². The van der Waals surface area contributed by atoms with Gasteiger partial charge in [0, 0.05) is 28.0 Å². The SMILES string of the molecule is O=C(Nc1cccc(Cl)c1)C1=NN(c2ccc(Br)cc2)C(=O)CC1. The molecule has 24 heavy (non-hydrogen) atoms. The van der Waals surface area contributed by atoms with Gasteiger partial charge < -0.3 is 5.32 Å². The predicted molar refractivity (Wildman–Crippen MR) is 98.4 cm³/mol. The molecule has 1 N–H and O–H groups in total. The normalized spacial score (nSPS) is 14.3. The lowest BCUT2D eigenvalue weighted by Gasteiger charge is -2.23. The van der Waals surface area contributed by atoms with Gasteiger partial charge in [-0.3, -0.25) is 9.59 Å². The molecule has 0 aliphatic carbocycles. The van der Waals surface area contributed by atoms with Gasteiger partial charge in [-0.25, -0.2) is 5.01 Å². The first-order valence-electron chi connectivity index (χ1n) is 7.26. The Labute approximate surface area is 152 Å². The van der Waals surface area contributed by atoms with Crippen LogP contribution >= 0.6 is 27.5 Å². The molecule has 2 aromatic rings. The van der Waals surface area contributed by atoms with Crippen LogP contribution in [-0.4, -0.2) is 17.5 Å². The van der Waals surface area contributed by atoms with Gasteiger partial charge in [0.25, 0.3) is 5.91 Å². The molecule has 0 saturated heterocycles. The highest BCUT2D eigenvalue weighted by molar-refractivity contribution is 9.10. The number of carbonyl (C=O) groups excluding carboxylic acids is 2. The lowest BCUT2D eigenvalue weighted by atomic mass is 10.1. The number of hydrogen-bond acceptors (Lipinski definition) is 3. The van der Waals surface area contributed by atoms with Crippen molar-refractivity contribution < 1.29 is 9.59 Å². The van der Waals surface area contributed by atoms with Gasteiger partial charge in [-0.1, -0.05) is 33.6 Å². The Morgan fingerprint density at radius 1 is 1.17 bits per heavy atom. The topological polar surface area (TPSA) is 61.8 Å². The molecule has 0 atom stereocenters. The molecular formula is C17H13BrClN3O2. The number of hydrazone groups is 1. The number of benzene rings is 2. The van der Waals surface area contributed by atoms with E-state index in [2.05, 4.69) is 26.3 Å². The van der Waals surface area contributed by atoms with Crippen molar-refractivity contribution in [2.75, 3.05) is 10.3 Å². The van der Waals surface area contributed by atoms with Gasteiger partial charge >= 0.3 is 0 Å². The van der Waals surface area contributed by atoms with Crippen molar-refractivity contribution in [2.24, 2.45) is 5.10 Å². The van der Waals surface area contributed by atoms with Gasteiger partial charge in [0.15, 0.2) is 0 Å². The summed E-state index contributed by atoms with van der Waals surface area (Å²) in [5, 5.41) is 8.77. The van der Waals surface area contributed by atoms with E-state index < -0.39 is 0 Å². The molecule has 0 unspecified atom stereocenters. The van der Waals surface area contributed by atoms with E-state index in [1.807, 2.05) is 12.1 Å². The molecule has 0 fully saturated rings. The van der Waals surface area contributed by atoms with E-state index in [1.165, 1.54) is 5.01 Å². The van der Waals surface area contributed by atoms with Gasteiger partial charge in [0.1, 0.15) is 5.71 Å². The first-order valence-corrected chi connectivity index (χ1v) is 8.43. The minimum atomic E-state index is -0.341. The van der Waals surface area contributed by atoms with Crippen LogP contribution in [0.3, 0.4) is 0 Å². The average Bonchev–Trinajstić information content (AvgIpc) is 2.56. The largest absolute Gasteiger partial charge is 0.321 e. The van der Waals surface area contributed by atoms with E-state index in [4.69, 9.17) is 11.6 Å². The average molecular weight is 407 g/mol. The van der Waals surface area contributed by atoms with Gasteiger partial charge in [-0.05, 0) is 42.5 Å². The fraction of sp³-hybridized carbons (Fsp3) is 0.118. The smallest absolute Gasteiger partial charge is 0.271 e. The van der Waals surface area contributed by atoms with Crippen molar-refractivity contribution in [1.82, 2.24) is 0 Å². The highest BCUT2D eigenvalue weighted by atomic mass is 79.9. The third-order valence-corrected chi connectivity index (χ3v) is 4.21. The fourth-order valence-electron chi connectivity index (χ4n) is 2.27. The Balaban J connectivity index is 1.82. The quantitative estimate of drug-likeness (QED) is 0.829. The van der Waals surface area contributed by atoms with Crippen LogP contribution in [0.25, 0.3) is 0 Å². The Bertz CT molecular complexity index is 821. The van der Waals surface area contributed by atoms with Crippen molar-refractivity contribution in [1.29, 1.82) is 0 Å². The summed E-state index contributed by atoms with van der Waals surface area (Å²) in [5.41, 5.74) is 1.51. The van der Waals surface area contributed by atoms with Crippen molar-refractivity contribution in [3.63, 3.8) is 0 Å². The zero-order valence-corrected chi connectivity index (χ0v) is 14.8. The summed E-state index contributed by atoms with van der Waals surface area (Å²) in [6, 6.07) is 14.0. The number of carbonyl (C=O) groups is 2. The molecule has 5 nitrogen and oxygen atoms in total. The van der Waals surface area contributed by atoms with E-state index >= 15 is 0 Å². The lowest BCUT2D eigenvalue weighted by Crippen LogP contribution is -2.36. The minimum Gasteiger partial charge on any atom is -0.321 e. The van der Waals surface area contributed by atoms with Crippen LogP contribution in [0, 0.1) is 0 Å². The van der Waals surface area contributed by atoms with E-state index in [-0.39, 0.29) is 18.2 Å². The van der Waals surface area contributed by atoms with Crippen LogP contribution in [0.4, 0.5) is 11.4 Å². The molecule has 1 heterocycles. The summed E-state index contributed by atoms with van der Waals surface area (Å²) in [6.07, 6.45) is 0.538. The third kappa shape index (κ3) is 3.83. The molecule has 1 aliphatic heterocycles. The molecule has 2 amide bonds. The Morgan fingerprint density at radius 2 is 1.92 bits per heavy atom. The molecule has 3 rings (SSSR count). The lowest BCUT2D eigenvalue weighted by molar-refractivity contribution is -0.118. The first-order chi connectivity index (χ1) is 11.5. The van der Waals surface area contributed by atoms with Crippen molar-refractivity contribution in [3.8, 4) is 0 Å². The van der Waals surface area contributed by atoms with Crippen molar-refractivity contribution >= 4 is 56.4 Å². The highest BCUT2D eigenvalue weighted by Crippen LogP contribution is 2.23. The summed E-state index contributed by atoms with van der Waals surface area (Å²) in [6.45, 7) is 0. The minimum absolute atomic E-state index is 0.142. The second-order valence-corrected chi connectivity index (χ2v) is 6.55. The van der Waals surface area contributed by atoms with Gasteiger partial charge in [-0.15, -0.1) is 0 Å². The summed E-state index contributed by atoms with van der Waals surface area (Å²) in [7, 11) is 0. The molecule has 0 aromatic heterocycles. The molecule has 0 spiro atoms. The number of nitrogens with one attached hydrogen (secondary N) is 1. The van der Waals surface area contributed by atoms with Crippen molar-refractivity contribution in [3.05, 3.63) is 58.0 Å². The number of anilines is 2. The molecule has 0 saturated carbocycles. The second kappa shape index (κ2) is 7.15. The third-order valence-electron chi connectivity index (χ3n) is 3.45. The fourth-order valence-corrected chi connectivity index (χ4v) is 2.72. The summed E-state index contributed by atoms with van der Waals surface area (Å²) in [4.78, 5) is 24.5. The number of rotatable bonds is 3. The summed E-state index contributed by atoms with van der Waals surface area (Å²) < 4.78 is 0.901. The molecular weight excluding hydrogens is 394 g/mol. The molecule has 2 aromatic carbocycles. The molecule has 122 valence electrons. The number of amides is 2. The maximum atomic E-state index is 12.4. The standard InChI is InChI=1S/C17H13BrClN3O2/c18-11-4-6-14(7-5-11)22-16(23)9-8-15(21-22)17(24)20-13-3-1-2-12(19)10-13/h1-7,10H,8-9H2,(H,20,24). The molecule has 0 radical (unpaired) electrons. The van der Waals surface area contributed by atoms with Gasteiger partial charge in [0.2, 0.25) is 5.91 Å². The van der Waals surface area contributed by atoms with Crippen LogP contribution in [-0.2, 0) is 9.59 Å². The number of halogens is 2. The predicted octanol–water partition coefficient (Wildman–Crippen LogP) is 4.22. The van der Waals surface area contributed by atoms with E-state index in [1.54, 1.807) is 36.4 Å². The summed E-state index contributed by atoms with van der Waals surface area (Å²) >= 11 is 9.26. The number of hydrogen-bond donors (Lipinski definition) is 1. The highest BCUT2D eigenvalue weighted by Gasteiger charge is 2.25. The van der Waals surface area contributed by atoms with Crippen LogP contribution in [0.2, 0.25) is 5.02 Å². The Hall–Kier alpha value is -2.18. The van der Waals surface area contributed by atoms with Crippen LogP contribution < -0.4 is 10.3 Å². The Morgan fingerprint density at radius 3 is 2.62 bits per heavy atom. The Kier molecular flexibility index (Phi) is 4.97.